The predicted octanol–water partition coefficient (Wildman–Crippen LogP) is 4.01. The van der Waals surface area contributed by atoms with Crippen molar-refractivity contribution in [2.24, 2.45) is 5.92 Å². The van der Waals surface area contributed by atoms with E-state index in [1.54, 1.807) is 7.11 Å². The Labute approximate surface area is 191 Å². The fourth-order valence-electron chi connectivity index (χ4n) is 5.00. The number of hydrogen-bond acceptors (Lipinski definition) is 5. The molecule has 32 heavy (non-hydrogen) atoms. The number of methoxy groups -OCH3 is 1. The molecule has 0 atom stereocenters. The van der Waals surface area contributed by atoms with Crippen LogP contribution in [0.2, 0.25) is 0 Å². The lowest BCUT2D eigenvalue weighted by Crippen LogP contribution is -2.49. The summed E-state index contributed by atoms with van der Waals surface area (Å²) in [6.07, 6.45) is 5.55. The lowest BCUT2D eigenvalue weighted by molar-refractivity contribution is -0.123. The zero-order valence-corrected chi connectivity index (χ0v) is 19.2. The monoisotopic (exact) mass is 436 g/mol. The Hall–Kier alpha value is -2.73. The van der Waals surface area contributed by atoms with Gasteiger partial charge in [0.25, 0.3) is 0 Å². The standard InChI is InChI=1S/C26H36N4O2/c1-32-25-14-8-7-13-24(25)29-18-15-28(16-19-29)17-20-30(23-12-6-5-11-22(23)27)26(31)21-9-3-2-4-10-21/h5-8,11-14,21H,2-4,9-10,15-20,27H2,1H3. The number of piperazine rings is 1. The average molecular weight is 437 g/mol. The number of carbonyl (C=O) groups is 1. The number of nitrogens with two attached hydrogens (primary N) is 1. The average Bonchev–Trinajstić information content (AvgIpc) is 2.86. The molecule has 0 radical (unpaired) electrons. The van der Waals surface area contributed by atoms with Gasteiger partial charge in [-0.3, -0.25) is 9.69 Å². The summed E-state index contributed by atoms with van der Waals surface area (Å²) in [6, 6.07) is 16.0. The predicted molar refractivity (Wildman–Crippen MR) is 131 cm³/mol. The highest BCUT2D eigenvalue weighted by molar-refractivity contribution is 5.97. The van der Waals surface area contributed by atoms with E-state index in [1.807, 2.05) is 41.3 Å². The Morgan fingerprint density at radius 2 is 1.69 bits per heavy atom. The van der Waals surface area contributed by atoms with Gasteiger partial charge in [0.05, 0.1) is 24.2 Å². The topological polar surface area (TPSA) is 62.0 Å². The molecule has 0 unspecified atom stereocenters. The van der Waals surface area contributed by atoms with Gasteiger partial charge in [-0.2, -0.15) is 0 Å². The van der Waals surface area contributed by atoms with Gasteiger partial charge in [-0.15, -0.1) is 0 Å². The Bertz CT molecular complexity index is 889. The van der Waals surface area contributed by atoms with E-state index in [-0.39, 0.29) is 11.8 Å². The van der Waals surface area contributed by atoms with Crippen LogP contribution in [0.3, 0.4) is 0 Å². The number of rotatable bonds is 7. The summed E-state index contributed by atoms with van der Waals surface area (Å²) in [6.45, 7) is 5.36. The molecule has 0 spiro atoms. The van der Waals surface area contributed by atoms with Gasteiger partial charge in [-0.1, -0.05) is 43.5 Å². The molecule has 2 aliphatic rings. The van der Waals surface area contributed by atoms with Gasteiger partial charge < -0.3 is 20.3 Å². The fourth-order valence-corrected chi connectivity index (χ4v) is 5.00. The molecule has 1 saturated heterocycles. The second-order valence-electron chi connectivity index (χ2n) is 8.88. The minimum atomic E-state index is 0.130. The highest BCUT2D eigenvalue weighted by Crippen LogP contribution is 2.31. The van der Waals surface area contributed by atoms with Gasteiger partial charge in [0, 0.05) is 45.2 Å². The van der Waals surface area contributed by atoms with Crippen molar-refractivity contribution in [3.8, 4) is 5.75 Å². The van der Waals surface area contributed by atoms with Gasteiger partial charge in [0.1, 0.15) is 5.75 Å². The second kappa shape index (κ2) is 10.7. The molecule has 0 bridgehead atoms. The third-order valence-electron chi connectivity index (χ3n) is 6.89. The van der Waals surface area contributed by atoms with Gasteiger partial charge in [-0.25, -0.2) is 0 Å². The van der Waals surface area contributed by atoms with Crippen molar-refractivity contribution in [3.05, 3.63) is 48.5 Å². The summed E-state index contributed by atoms with van der Waals surface area (Å²) in [5.74, 6) is 1.30. The van der Waals surface area contributed by atoms with Crippen LogP contribution in [0.5, 0.6) is 5.75 Å². The van der Waals surface area contributed by atoms with Crippen LogP contribution in [0.15, 0.2) is 48.5 Å². The fraction of sp³-hybridized carbons (Fsp3) is 0.500. The lowest BCUT2D eigenvalue weighted by atomic mass is 9.88. The van der Waals surface area contributed by atoms with Crippen molar-refractivity contribution in [2.75, 3.05) is 61.9 Å². The van der Waals surface area contributed by atoms with Crippen LogP contribution >= 0.6 is 0 Å². The van der Waals surface area contributed by atoms with Crippen molar-refractivity contribution in [2.45, 2.75) is 32.1 Å². The summed E-state index contributed by atoms with van der Waals surface area (Å²) >= 11 is 0. The van der Waals surface area contributed by atoms with Crippen LogP contribution in [0.25, 0.3) is 0 Å². The maximum absolute atomic E-state index is 13.5. The molecule has 1 amide bonds. The first-order chi connectivity index (χ1) is 15.7. The van der Waals surface area contributed by atoms with Gasteiger partial charge in [-0.05, 0) is 37.1 Å². The van der Waals surface area contributed by atoms with E-state index >= 15 is 0 Å². The summed E-state index contributed by atoms with van der Waals surface area (Å²) in [4.78, 5) is 20.3. The molecule has 1 saturated carbocycles. The summed E-state index contributed by atoms with van der Waals surface area (Å²) in [7, 11) is 1.72. The van der Waals surface area contributed by atoms with Crippen LogP contribution in [-0.4, -0.2) is 57.2 Å². The normalized spacial score (nSPS) is 17.8. The van der Waals surface area contributed by atoms with E-state index in [2.05, 4.69) is 21.9 Å². The third-order valence-corrected chi connectivity index (χ3v) is 6.89. The van der Waals surface area contributed by atoms with Crippen molar-refractivity contribution >= 4 is 23.0 Å². The molecule has 2 N–H and O–H groups in total. The SMILES string of the molecule is COc1ccccc1N1CCN(CCN(C(=O)C2CCCCC2)c2ccccc2N)CC1. The van der Waals surface area contributed by atoms with E-state index in [0.717, 1.165) is 75.5 Å². The Balaban J connectivity index is 1.39. The Morgan fingerprint density at radius 1 is 1.00 bits per heavy atom. The van der Waals surface area contributed by atoms with Crippen molar-refractivity contribution < 1.29 is 9.53 Å². The van der Waals surface area contributed by atoms with Crippen LogP contribution < -0.4 is 20.3 Å². The molecule has 2 aromatic rings. The van der Waals surface area contributed by atoms with Crippen molar-refractivity contribution in [1.82, 2.24) is 4.90 Å². The Kier molecular flexibility index (Phi) is 7.53. The molecule has 1 heterocycles. The first kappa shape index (κ1) is 22.5. The maximum Gasteiger partial charge on any atom is 0.230 e. The van der Waals surface area contributed by atoms with E-state index in [0.29, 0.717) is 12.2 Å². The van der Waals surface area contributed by atoms with Gasteiger partial charge in [0.2, 0.25) is 5.91 Å². The summed E-state index contributed by atoms with van der Waals surface area (Å²) in [5.41, 5.74) is 8.97. The van der Waals surface area contributed by atoms with Crippen LogP contribution in [-0.2, 0) is 4.79 Å². The van der Waals surface area contributed by atoms with E-state index in [4.69, 9.17) is 10.5 Å². The third kappa shape index (κ3) is 5.18. The van der Waals surface area contributed by atoms with Crippen molar-refractivity contribution in [1.29, 1.82) is 0 Å². The molecule has 172 valence electrons. The molecular formula is C26H36N4O2. The molecule has 1 aliphatic heterocycles. The van der Waals surface area contributed by atoms with E-state index in [9.17, 15) is 4.79 Å². The van der Waals surface area contributed by atoms with E-state index < -0.39 is 0 Å². The van der Waals surface area contributed by atoms with Crippen LogP contribution in [0.4, 0.5) is 17.1 Å². The molecule has 6 heteroatoms. The number of anilines is 3. The minimum Gasteiger partial charge on any atom is -0.495 e. The van der Waals surface area contributed by atoms with E-state index in [1.165, 1.54) is 6.42 Å². The number of nitrogen functional groups attached to an aromatic ring is 1. The zero-order valence-electron chi connectivity index (χ0n) is 19.2. The molecule has 4 rings (SSSR count). The Morgan fingerprint density at radius 3 is 2.41 bits per heavy atom. The van der Waals surface area contributed by atoms with Gasteiger partial charge in [0.15, 0.2) is 0 Å². The summed E-state index contributed by atoms with van der Waals surface area (Å²) < 4.78 is 5.54. The number of amides is 1. The quantitative estimate of drug-likeness (QED) is 0.665. The first-order valence-corrected chi connectivity index (χ1v) is 11.9. The molecular weight excluding hydrogens is 400 g/mol. The highest BCUT2D eigenvalue weighted by Gasteiger charge is 2.28. The molecule has 6 nitrogen and oxygen atoms in total. The molecule has 1 aliphatic carbocycles. The number of ether oxygens (including phenoxy) is 1. The molecule has 2 fully saturated rings. The van der Waals surface area contributed by atoms with Crippen LogP contribution in [0, 0.1) is 5.92 Å². The molecule has 2 aromatic carbocycles. The van der Waals surface area contributed by atoms with Crippen LogP contribution in [0.1, 0.15) is 32.1 Å². The number of nitrogens with zero attached hydrogens (tertiary/aromatic N) is 3. The number of para-hydroxylation sites is 4. The van der Waals surface area contributed by atoms with Gasteiger partial charge >= 0.3 is 0 Å². The number of carbonyl (C=O) groups excluding carboxylic acids is 1. The number of hydrogen-bond donors (Lipinski definition) is 1. The summed E-state index contributed by atoms with van der Waals surface area (Å²) in [5, 5.41) is 0. The maximum atomic E-state index is 13.5. The minimum absolute atomic E-state index is 0.130. The molecule has 0 aromatic heterocycles. The first-order valence-electron chi connectivity index (χ1n) is 11.9. The zero-order chi connectivity index (χ0) is 22.3. The smallest absolute Gasteiger partial charge is 0.230 e. The number of benzene rings is 2. The second-order valence-corrected chi connectivity index (χ2v) is 8.88. The lowest BCUT2D eigenvalue weighted by Gasteiger charge is -2.38. The largest absolute Gasteiger partial charge is 0.495 e. The highest BCUT2D eigenvalue weighted by atomic mass is 16.5. The van der Waals surface area contributed by atoms with Crippen molar-refractivity contribution in [3.63, 3.8) is 0 Å².